The molecule has 0 radical (unpaired) electrons. The van der Waals surface area contributed by atoms with E-state index < -0.39 is 5.97 Å². The first-order chi connectivity index (χ1) is 8.04. The van der Waals surface area contributed by atoms with Crippen LogP contribution in [-0.4, -0.2) is 31.2 Å². The number of esters is 1. The zero-order valence-electron chi connectivity index (χ0n) is 10.1. The number of thiazole rings is 1. The van der Waals surface area contributed by atoms with Crippen LogP contribution in [0.4, 0.5) is 5.13 Å². The molecule has 1 aliphatic rings. The third-order valence-electron chi connectivity index (χ3n) is 3.16. The van der Waals surface area contributed by atoms with Gasteiger partial charge in [0.25, 0.3) is 0 Å². The van der Waals surface area contributed by atoms with Gasteiger partial charge in [-0.05, 0) is 25.7 Å². The van der Waals surface area contributed by atoms with E-state index in [0.29, 0.717) is 10.9 Å². The number of nitrogens with zero attached hydrogens (tertiary/aromatic N) is 2. The highest BCUT2D eigenvalue weighted by atomic mass is 35.5. The van der Waals surface area contributed by atoms with Crippen molar-refractivity contribution in [3.8, 4) is 0 Å². The maximum atomic E-state index is 11.4. The summed E-state index contributed by atoms with van der Waals surface area (Å²) < 4.78 is 4.66. The lowest BCUT2D eigenvalue weighted by atomic mass is 10.2. The largest absolute Gasteiger partial charge is 0.465 e. The Morgan fingerprint density at radius 2 is 2.29 bits per heavy atom. The van der Waals surface area contributed by atoms with Crippen LogP contribution in [0.15, 0.2) is 0 Å². The van der Waals surface area contributed by atoms with Crippen LogP contribution >= 0.6 is 22.9 Å². The fraction of sp³-hybridized carbons (Fsp3) is 0.636. The molecule has 0 saturated heterocycles. The topological polar surface area (TPSA) is 42.4 Å². The summed E-state index contributed by atoms with van der Waals surface area (Å²) in [5.74, 6) is 0.315. The smallest absolute Gasteiger partial charge is 0.351 e. The van der Waals surface area contributed by atoms with Gasteiger partial charge in [0, 0.05) is 13.1 Å². The van der Waals surface area contributed by atoms with Gasteiger partial charge >= 0.3 is 5.97 Å². The second-order valence-corrected chi connectivity index (χ2v) is 5.63. The summed E-state index contributed by atoms with van der Waals surface area (Å²) in [5, 5.41) is 1.00. The van der Waals surface area contributed by atoms with Crippen molar-refractivity contribution in [3.63, 3.8) is 0 Å². The number of aromatic nitrogens is 1. The average molecular weight is 275 g/mol. The van der Waals surface area contributed by atoms with E-state index >= 15 is 0 Å². The predicted octanol–water partition coefficient (Wildman–Crippen LogP) is 2.82. The maximum Gasteiger partial charge on any atom is 0.351 e. The van der Waals surface area contributed by atoms with E-state index in [0.717, 1.165) is 11.0 Å². The average Bonchev–Trinajstić information content (AvgIpc) is 3.09. The Kier molecular flexibility index (Phi) is 3.58. The Morgan fingerprint density at radius 1 is 1.65 bits per heavy atom. The van der Waals surface area contributed by atoms with Crippen LogP contribution in [0.2, 0.25) is 5.15 Å². The van der Waals surface area contributed by atoms with Gasteiger partial charge in [0.05, 0.1) is 7.11 Å². The van der Waals surface area contributed by atoms with Crippen molar-refractivity contribution < 1.29 is 9.53 Å². The monoisotopic (exact) mass is 274 g/mol. The molecule has 1 atom stereocenters. The fourth-order valence-electron chi connectivity index (χ4n) is 1.73. The van der Waals surface area contributed by atoms with Gasteiger partial charge in [-0.25, -0.2) is 9.78 Å². The van der Waals surface area contributed by atoms with Crippen molar-refractivity contribution >= 4 is 34.0 Å². The minimum Gasteiger partial charge on any atom is -0.465 e. The number of carbonyl (C=O) groups is 1. The van der Waals surface area contributed by atoms with Crippen LogP contribution < -0.4 is 4.90 Å². The molecule has 1 fully saturated rings. The summed E-state index contributed by atoms with van der Waals surface area (Å²) >= 11 is 7.22. The molecule has 2 rings (SSSR count). The van der Waals surface area contributed by atoms with E-state index in [1.54, 1.807) is 0 Å². The molecule has 1 heterocycles. The molecule has 0 N–H and O–H groups in total. The molecular weight excluding hydrogens is 260 g/mol. The highest BCUT2D eigenvalue weighted by molar-refractivity contribution is 7.18. The minimum absolute atomic E-state index is 0.228. The molecular formula is C11H15ClN2O2S. The SMILES string of the molecule is COC(=O)c1sc(N(C)C(C)C2CC2)nc1Cl. The van der Waals surface area contributed by atoms with Gasteiger partial charge in [0.2, 0.25) is 0 Å². The molecule has 1 aromatic rings. The molecule has 0 aromatic carbocycles. The number of carbonyl (C=O) groups excluding carboxylic acids is 1. The second-order valence-electron chi connectivity index (χ2n) is 4.30. The molecule has 1 aliphatic carbocycles. The van der Waals surface area contributed by atoms with Crippen LogP contribution in [0.25, 0.3) is 0 Å². The van der Waals surface area contributed by atoms with E-state index in [-0.39, 0.29) is 5.15 Å². The van der Waals surface area contributed by atoms with Gasteiger partial charge in [-0.3, -0.25) is 0 Å². The summed E-state index contributed by atoms with van der Waals surface area (Å²) in [6, 6.07) is 0.433. The van der Waals surface area contributed by atoms with Gasteiger partial charge in [-0.1, -0.05) is 22.9 Å². The Labute approximate surface area is 110 Å². The van der Waals surface area contributed by atoms with E-state index in [1.807, 2.05) is 7.05 Å². The zero-order valence-corrected chi connectivity index (χ0v) is 11.6. The Balaban J connectivity index is 2.18. The van der Waals surface area contributed by atoms with Crippen molar-refractivity contribution in [2.24, 2.45) is 5.92 Å². The van der Waals surface area contributed by atoms with Gasteiger partial charge in [-0.2, -0.15) is 0 Å². The lowest BCUT2D eigenvalue weighted by Gasteiger charge is -2.23. The maximum absolute atomic E-state index is 11.4. The molecule has 17 heavy (non-hydrogen) atoms. The Hall–Kier alpha value is -0.810. The van der Waals surface area contributed by atoms with E-state index in [9.17, 15) is 4.79 Å². The number of hydrogen-bond donors (Lipinski definition) is 0. The lowest BCUT2D eigenvalue weighted by Crippen LogP contribution is -2.30. The Bertz CT molecular complexity index is 431. The third-order valence-corrected chi connectivity index (χ3v) is 4.67. The number of rotatable bonds is 4. The quantitative estimate of drug-likeness (QED) is 0.792. The molecule has 1 unspecified atom stereocenters. The molecule has 94 valence electrons. The van der Waals surface area contributed by atoms with Gasteiger partial charge < -0.3 is 9.64 Å². The van der Waals surface area contributed by atoms with Gasteiger partial charge in [0.15, 0.2) is 15.2 Å². The first-order valence-corrected chi connectivity index (χ1v) is 6.71. The van der Waals surface area contributed by atoms with E-state index in [1.165, 1.54) is 31.3 Å². The van der Waals surface area contributed by atoms with Crippen LogP contribution in [0.3, 0.4) is 0 Å². The zero-order chi connectivity index (χ0) is 12.6. The van der Waals surface area contributed by atoms with E-state index in [2.05, 4.69) is 21.5 Å². The van der Waals surface area contributed by atoms with E-state index in [4.69, 9.17) is 11.6 Å². The summed E-state index contributed by atoms with van der Waals surface area (Å²) in [5.41, 5.74) is 0. The number of hydrogen-bond acceptors (Lipinski definition) is 5. The molecule has 1 aromatic heterocycles. The third kappa shape index (κ3) is 2.55. The summed E-state index contributed by atoms with van der Waals surface area (Å²) in [4.78, 5) is 18.1. The lowest BCUT2D eigenvalue weighted by molar-refractivity contribution is 0.0606. The number of halogens is 1. The van der Waals surface area contributed by atoms with Crippen molar-refractivity contribution in [1.82, 2.24) is 4.98 Å². The summed E-state index contributed by atoms with van der Waals surface area (Å²) in [6.45, 7) is 2.17. The van der Waals surface area contributed by atoms with Crippen LogP contribution in [0, 0.1) is 5.92 Å². The van der Waals surface area contributed by atoms with Crippen molar-refractivity contribution in [3.05, 3.63) is 10.0 Å². The van der Waals surface area contributed by atoms with Crippen molar-refractivity contribution in [1.29, 1.82) is 0 Å². The molecule has 4 nitrogen and oxygen atoms in total. The second kappa shape index (κ2) is 4.82. The molecule has 0 spiro atoms. The normalized spacial score (nSPS) is 16.7. The van der Waals surface area contributed by atoms with Crippen LogP contribution in [0.5, 0.6) is 0 Å². The number of ether oxygens (including phenoxy) is 1. The fourth-order valence-corrected chi connectivity index (χ4v) is 2.98. The first-order valence-electron chi connectivity index (χ1n) is 5.52. The van der Waals surface area contributed by atoms with Crippen LogP contribution in [0.1, 0.15) is 29.4 Å². The highest BCUT2D eigenvalue weighted by Crippen LogP contribution is 2.38. The number of anilines is 1. The summed E-state index contributed by atoms with van der Waals surface area (Å²) in [7, 11) is 3.33. The number of methoxy groups -OCH3 is 1. The van der Waals surface area contributed by atoms with Crippen molar-refractivity contribution in [2.45, 2.75) is 25.8 Å². The molecule has 1 saturated carbocycles. The first kappa shape index (κ1) is 12.6. The molecule has 0 aliphatic heterocycles. The standard InChI is InChI=1S/C11H15ClN2O2S/c1-6(7-4-5-7)14(2)11-13-9(12)8(17-11)10(15)16-3/h6-7H,4-5H2,1-3H3. The van der Waals surface area contributed by atoms with Gasteiger partial charge in [0.1, 0.15) is 0 Å². The molecule has 0 bridgehead atoms. The molecule has 0 amide bonds. The highest BCUT2D eigenvalue weighted by Gasteiger charge is 2.32. The predicted molar refractivity (Wildman–Crippen MR) is 69.1 cm³/mol. The molecule has 6 heteroatoms. The summed E-state index contributed by atoms with van der Waals surface area (Å²) in [6.07, 6.45) is 2.54. The van der Waals surface area contributed by atoms with Crippen LogP contribution in [-0.2, 0) is 4.74 Å². The van der Waals surface area contributed by atoms with Crippen molar-refractivity contribution in [2.75, 3.05) is 19.1 Å². The van der Waals surface area contributed by atoms with Gasteiger partial charge in [-0.15, -0.1) is 0 Å². The minimum atomic E-state index is -0.425. The Morgan fingerprint density at radius 3 is 2.82 bits per heavy atom.